The minimum absolute atomic E-state index is 0.0308. The second kappa shape index (κ2) is 9.45. The number of carboxylic acid groups (broad SMARTS) is 1. The molecule has 1 rings (SSSR count). The molecule has 1 aromatic rings. The van der Waals surface area contributed by atoms with Gasteiger partial charge in [-0.15, -0.1) is 0 Å². The topological polar surface area (TPSA) is 95.9 Å². The van der Waals surface area contributed by atoms with Crippen LogP contribution in [0.2, 0.25) is 0 Å². The Balaban J connectivity index is 2.53. The lowest BCUT2D eigenvalue weighted by atomic mass is 10.2. The van der Waals surface area contributed by atoms with Crippen molar-refractivity contribution in [1.82, 2.24) is 10.2 Å². The smallest absolute Gasteiger partial charge is 0.408 e. The van der Waals surface area contributed by atoms with Crippen LogP contribution in [0.4, 0.5) is 4.79 Å². The van der Waals surface area contributed by atoms with Crippen LogP contribution in [0.15, 0.2) is 30.3 Å². The van der Waals surface area contributed by atoms with Gasteiger partial charge in [0.1, 0.15) is 12.6 Å². The van der Waals surface area contributed by atoms with Crippen LogP contribution in [-0.2, 0) is 20.9 Å². The van der Waals surface area contributed by atoms with Crippen molar-refractivity contribution in [3.63, 3.8) is 0 Å². The van der Waals surface area contributed by atoms with E-state index in [2.05, 4.69) is 5.32 Å². The molecule has 0 bridgehead atoms. The normalized spacial score (nSPS) is 11.4. The van der Waals surface area contributed by atoms with E-state index >= 15 is 0 Å². The molecular weight excluding hydrogens is 300 g/mol. The highest BCUT2D eigenvalue weighted by Crippen LogP contribution is 2.03. The van der Waals surface area contributed by atoms with Gasteiger partial charge in [-0.05, 0) is 19.4 Å². The van der Waals surface area contributed by atoms with Crippen LogP contribution in [0.3, 0.4) is 0 Å². The Morgan fingerprint density at radius 3 is 2.30 bits per heavy atom. The molecule has 0 saturated heterocycles. The van der Waals surface area contributed by atoms with Crippen LogP contribution < -0.4 is 5.32 Å². The van der Waals surface area contributed by atoms with Crippen molar-refractivity contribution in [1.29, 1.82) is 0 Å². The number of aliphatic carboxylic acids is 1. The predicted octanol–water partition coefficient (Wildman–Crippen LogP) is 1.62. The number of amides is 2. The highest BCUT2D eigenvalue weighted by atomic mass is 16.5. The molecule has 2 N–H and O–H groups in total. The van der Waals surface area contributed by atoms with Gasteiger partial charge < -0.3 is 20.1 Å². The number of carbonyl (C=O) groups excluding carboxylic acids is 2. The van der Waals surface area contributed by atoms with E-state index in [1.807, 2.05) is 6.07 Å². The second-order valence-corrected chi connectivity index (χ2v) is 4.87. The van der Waals surface area contributed by atoms with E-state index in [1.165, 1.54) is 4.90 Å². The number of benzene rings is 1. The van der Waals surface area contributed by atoms with Crippen molar-refractivity contribution in [2.24, 2.45) is 0 Å². The lowest BCUT2D eigenvalue weighted by Gasteiger charge is -2.21. The Morgan fingerprint density at radius 1 is 1.17 bits per heavy atom. The van der Waals surface area contributed by atoms with Crippen LogP contribution in [0.25, 0.3) is 0 Å². The second-order valence-electron chi connectivity index (χ2n) is 4.87. The minimum atomic E-state index is -1.31. The summed E-state index contributed by atoms with van der Waals surface area (Å²) in [6, 6.07) is 7.70. The fraction of sp³-hybridized carbons (Fsp3) is 0.438. The van der Waals surface area contributed by atoms with E-state index in [0.29, 0.717) is 13.1 Å². The van der Waals surface area contributed by atoms with Crippen LogP contribution in [-0.4, -0.2) is 47.1 Å². The zero-order valence-corrected chi connectivity index (χ0v) is 13.3. The summed E-state index contributed by atoms with van der Waals surface area (Å²) in [6.45, 7) is 4.61. The summed E-state index contributed by atoms with van der Waals surface area (Å²) in [7, 11) is 0. The molecule has 126 valence electrons. The maximum atomic E-state index is 12.0. The van der Waals surface area contributed by atoms with Crippen molar-refractivity contribution in [2.75, 3.05) is 13.1 Å². The number of carboxylic acids is 1. The monoisotopic (exact) mass is 322 g/mol. The van der Waals surface area contributed by atoms with Crippen molar-refractivity contribution in [3.8, 4) is 0 Å². The van der Waals surface area contributed by atoms with Gasteiger partial charge in [0.05, 0.1) is 6.42 Å². The summed E-state index contributed by atoms with van der Waals surface area (Å²) < 4.78 is 4.97. The van der Waals surface area contributed by atoms with Gasteiger partial charge in [0.2, 0.25) is 5.91 Å². The lowest BCUT2D eigenvalue weighted by molar-refractivity contribution is -0.143. The first-order valence-corrected chi connectivity index (χ1v) is 7.45. The van der Waals surface area contributed by atoms with E-state index in [4.69, 9.17) is 9.84 Å². The molecule has 23 heavy (non-hydrogen) atoms. The quantitative estimate of drug-likeness (QED) is 0.758. The zero-order valence-electron chi connectivity index (χ0n) is 13.3. The van der Waals surface area contributed by atoms with Crippen molar-refractivity contribution < 1.29 is 24.2 Å². The maximum absolute atomic E-state index is 12.0. The third-order valence-electron chi connectivity index (χ3n) is 3.30. The Bertz CT molecular complexity index is 529. The third-order valence-corrected chi connectivity index (χ3v) is 3.30. The fourth-order valence-corrected chi connectivity index (χ4v) is 1.99. The molecule has 0 radical (unpaired) electrons. The first kappa shape index (κ1) is 18.5. The van der Waals surface area contributed by atoms with Gasteiger partial charge >= 0.3 is 12.1 Å². The molecule has 2 amide bonds. The molecule has 7 nitrogen and oxygen atoms in total. The molecular formula is C16H22N2O5. The standard InChI is InChI=1S/C16H22N2O5/c1-3-18(4-2)14(19)10-13(15(20)21)17-16(22)23-11-12-8-6-5-7-9-12/h5-9,13H,3-4,10-11H2,1-2H3,(H,17,22)(H,20,21)/t13-/m0/s1. The van der Waals surface area contributed by atoms with Gasteiger partial charge in [-0.1, -0.05) is 30.3 Å². The Morgan fingerprint density at radius 2 is 1.78 bits per heavy atom. The Labute approximate surface area is 135 Å². The Hall–Kier alpha value is -2.57. The van der Waals surface area contributed by atoms with Crippen LogP contribution in [0.1, 0.15) is 25.8 Å². The summed E-state index contributed by atoms with van der Waals surface area (Å²) >= 11 is 0. The first-order valence-electron chi connectivity index (χ1n) is 7.45. The molecule has 0 heterocycles. The SMILES string of the molecule is CCN(CC)C(=O)C[C@H](NC(=O)OCc1ccccc1)C(=O)O. The number of hydrogen-bond donors (Lipinski definition) is 2. The highest BCUT2D eigenvalue weighted by Gasteiger charge is 2.25. The van der Waals surface area contributed by atoms with Crippen molar-refractivity contribution in [3.05, 3.63) is 35.9 Å². The van der Waals surface area contributed by atoms with Gasteiger partial charge in [0.15, 0.2) is 0 Å². The first-order chi connectivity index (χ1) is 11.0. The van der Waals surface area contributed by atoms with E-state index in [0.717, 1.165) is 5.56 Å². The van der Waals surface area contributed by atoms with E-state index in [9.17, 15) is 14.4 Å². The van der Waals surface area contributed by atoms with Gasteiger partial charge in [-0.3, -0.25) is 4.79 Å². The zero-order chi connectivity index (χ0) is 17.2. The molecule has 0 fully saturated rings. The number of nitrogens with zero attached hydrogens (tertiary/aromatic N) is 1. The summed E-state index contributed by atoms with van der Waals surface area (Å²) in [5.41, 5.74) is 0.786. The molecule has 0 aliphatic heterocycles. The van der Waals surface area contributed by atoms with Gasteiger partial charge in [0, 0.05) is 13.1 Å². The highest BCUT2D eigenvalue weighted by molar-refractivity contribution is 5.87. The predicted molar refractivity (Wildman–Crippen MR) is 83.7 cm³/mol. The van der Waals surface area contributed by atoms with Gasteiger partial charge in [-0.2, -0.15) is 0 Å². The van der Waals surface area contributed by atoms with Crippen LogP contribution >= 0.6 is 0 Å². The largest absolute Gasteiger partial charge is 0.480 e. The van der Waals surface area contributed by atoms with Crippen LogP contribution in [0, 0.1) is 0 Å². The maximum Gasteiger partial charge on any atom is 0.408 e. The third kappa shape index (κ3) is 6.37. The molecule has 0 unspecified atom stereocenters. The Kier molecular flexibility index (Phi) is 7.59. The fourth-order valence-electron chi connectivity index (χ4n) is 1.99. The molecule has 7 heteroatoms. The number of rotatable bonds is 8. The van der Waals surface area contributed by atoms with Crippen LogP contribution in [0.5, 0.6) is 0 Å². The van der Waals surface area contributed by atoms with Crippen molar-refractivity contribution >= 4 is 18.0 Å². The van der Waals surface area contributed by atoms with E-state index in [-0.39, 0.29) is 18.9 Å². The molecule has 0 aliphatic carbocycles. The molecule has 0 saturated carbocycles. The average molecular weight is 322 g/mol. The molecule has 0 aromatic heterocycles. The molecule has 1 atom stereocenters. The lowest BCUT2D eigenvalue weighted by Crippen LogP contribution is -2.45. The summed E-state index contributed by atoms with van der Waals surface area (Å²) in [5.74, 6) is -1.60. The van der Waals surface area contributed by atoms with Gasteiger partial charge in [-0.25, -0.2) is 9.59 Å². The average Bonchev–Trinajstić information content (AvgIpc) is 2.54. The summed E-state index contributed by atoms with van der Waals surface area (Å²) in [5, 5.41) is 11.4. The van der Waals surface area contributed by atoms with E-state index in [1.54, 1.807) is 38.1 Å². The van der Waals surface area contributed by atoms with Gasteiger partial charge in [0.25, 0.3) is 0 Å². The number of nitrogens with one attached hydrogen (secondary N) is 1. The van der Waals surface area contributed by atoms with E-state index < -0.39 is 18.1 Å². The number of ether oxygens (including phenoxy) is 1. The molecule has 0 spiro atoms. The number of alkyl carbamates (subject to hydrolysis) is 1. The minimum Gasteiger partial charge on any atom is -0.480 e. The summed E-state index contributed by atoms with van der Waals surface area (Å²) in [6.07, 6.45) is -1.18. The van der Waals surface area contributed by atoms with Crippen molar-refractivity contribution in [2.45, 2.75) is 32.9 Å². The summed E-state index contributed by atoms with van der Waals surface area (Å²) in [4.78, 5) is 36.4. The molecule has 0 aliphatic rings. The number of hydrogen-bond acceptors (Lipinski definition) is 4. The molecule has 1 aromatic carbocycles. The number of carbonyl (C=O) groups is 3.